The van der Waals surface area contributed by atoms with E-state index >= 15 is 0 Å². The third kappa shape index (κ3) is 6.01. The number of para-hydroxylation sites is 1. The van der Waals surface area contributed by atoms with Crippen LogP contribution in [-0.2, 0) is 9.59 Å². The lowest BCUT2D eigenvalue weighted by Gasteiger charge is -2.27. The van der Waals surface area contributed by atoms with Gasteiger partial charge in [0.2, 0.25) is 12.1 Å². The Bertz CT molecular complexity index is 1630. The lowest BCUT2D eigenvalue weighted by molar-refractivity contribution is -0.127. The number of aliphatic hydroxyl groups is 1. The summed E-state index contributed by atoms with van der Waals surface area (Å²) in [6.45, 7) is -0.637. The van der Waals surface area contributed by atoms with Gasteiger partial charge in [-0.1, -0.05) is 60.1 Å². The number of nitrogens with one attached hydrogen (secondary N) is 2. The minimum absolute atomic E-state index is 0.138. The monoisotopic (exact) mass is 577 g/mol. The number of amides is 2. The number of halogens is 4. The second kappa shape index (κ2) is 12.0. The Labute approximate surface area is 238 Å². The maximum absolute atomic E-state index is 14.1. The molecule has 4 aromatic rings. The maximum atomic E-state index is 14.1. The number of carbonyl (C=O) groups excluding carboxylic acids is 2. The van der Waals surface area contributed by atoms with Crippen LogP contribution < -0.4 is 10.6 Å². The van der Waals surface area contributed by atoms with Gasteiger partial charge in [-0.25, -0.2) is 18.2 Å². The lowest BCUT2D eigenvalue weighted by atomic mass is 9.81. The van der Waals surface area contributed by atoms with Crippen molar-refractivity contribution in [2.24, 2.45) is 4.99 Å². The van der Waals surface area contributed by atoms with Crippen LogP contribution in [-0.4, -0.2) is 35.4 Å². The smallest absolute Gasteiger partial charge is 0.269 e. The Morgan fingerprint density at radius 3 is 2.29 bits per heavy atom. The standard InChI is InChI=1S/C31H23ClF3N3O3/c32-20-10-5-18(6-11-20)28-22-3-1-2-4-26(22)36-31(41)29(37-28)38-30(40)27(17-7-12-21(33)13-8-17)23(16-39)19-9-14-24(34)25(35)15-19/h1-15,23,27,29,39H,16H2,(H,36,41)(H,38,40)/t23-,27+,29?/m0/s1. The fourth-order valence-corrected chi connectivity index (χ4v) is 4.93. The zero-order chi connectivity index (χ0) is 29.1. The molecular formula is C31H23ClF3N3O3. The average molecular weight is 578 g/mol. The molecule has 0 radical (unpaired) electrons. The van der Waals surface area contributed by atoms with E-state index in [0.29, 0.717) is 27.5 Å². The maximum Gasteiger partial charge on any atom is 0.269 e. The molecule has 0 fully saturated rings. The second-order valence-electron chi connectivity index (χ2n) is 9.42. The van der Waals surface area contributed by atoms with Crippen molar-refractivity contribution >= 4 is 34.8 Å². The van der Waals surface area contributed by atoms with Crippen LogP contribution in [0.2, 0.25) is 5.02 Å². The molecule has 6 nitrogen and oxygen atoms in total. The normalized spacial score (nSPS) is 16.1. The summed E-state index contributed by atoms with van der Waals surface area (Å²) in [6, 6.07) is 21.9. The van der Waals surface area contributed by atoms with Gasteiger partial charge in [-0.2, -0.15) is 0 Å². The largest absolute Gasteiger partial charge is 0.396 e. The van der Waals surface area contributed by atoms with Crippen LogP contribution in [0.3, 0.4) is 0 Å². The molecular weight excluding hydrogens is 555 g/mol. The molecule has 4 aromatic carbocycles. The number of benzene rings is 4. The van der Waals surface area contributed by atoms with E-state index in [-0.39, 0.29) is 11.1 Å². The number of benzodiazepines with no additional fused rings is 1. The highest BCUT2D eigenvalue weighted by Gasteiger charge is 2.35. The molecule has 0 saturated heterocycles. The van der Waals surface area contributed by atoms with Gasteiger partial charge in [-0.05, 0) is 53.6 Å². The Kier molecular flexibility index (Phi) is 8.19. The molecule has 5 rings (SSSR count). The van der Waals surface area contributed by atoms with Crippen molar-refractivity contribution in [3.05, 3.63) is 136 Å². The zero-order valence-electron chi connectivity index (χ0n) is 21.3. The van der Waals surface area contributed by atoms with Crippen molar-refractivity contribution in [3.8, 4) is 0 Å². The van der Waals surface area contributed by atoms with Gasteiger partial charge in [0.1, 0.15) is 5.82 Å². The Morgan fingerprint density at radius 2 is 1.61 bits per heavy atom. The Morgan fingerprint density at radius 1 is 0.927 bits per heavy atom. The topological polar surface area (TPSA) is 90.8 Å². The third-order valence-corrected chi connectivity index (χ3v) is 7.08. The van der Waals surface area contributed by atoms with Crippen LogP contribution in [0.25, 0.3) is 0 Å². The molecule has 41 heavy (non-hydrogen) atoms. The molecule has 1 aliphatic heterocycles. The van der Waals surface area contributed by atoms with Crippen LogP contribution in [0, 0.1) is 17.5 Å². The number of nitrogens with zero attached hydrogens (tertiary/aromatic N) is 1. The first-order chi connectivity index (χ1) is 19.7. The van der Waals surface area contributed by atoms with E-state index < -0.39 is 53.9 Å². The number of aliphatic hydroxyl groups excluding tert-OH is 1. The second-order valence-corrected chi connectivity index (χ2v) is 9.86. The molecule has 1 unspecified atom stereocenters. The molecule has 0 saturated carbocycles. The Hall–Kier alpha value is -4.47. The van der Waals surface area contributed by atoms with Gasteiger partial charge in [0.15, 0.2) is 11.6 Å². The Balaban J connectivity index is 1.56. The molecule has 1 aliphatic rings. The summed E-state index contributed by atoms with van der Waals surface area (Å²) in [5.74, 6) is -6.46. The summed E-state index contributed by atoms with van der Waals surface area (Å²) >= 11 is 6.07. The SMILES string of the molecule is O=C1Nc2ccccc2C(c2ccc(Cl)cc2)=NC1NC(=O)[C@H](c1ccc(F)cc1)[C@@H](CO)c1ccc(F)c(F)c1. The van der Waals surface area contributed by atoms with Crippen molar-refractivity contribution in [3.63, 3.8) is 0 Å². The van der Waals surface area contributed by atoms with Gasteiger partial charge >= 0.3 is 0 Å². The van der Waals surface area contributed by atoms with Gasteiger partial charge in [0.05, 0.1) is 23.9 Å². The number of aliphatic imine (C=N–C) groups is 1. The molecule has 0 spiro atoms. The fourth-order valence-electron chi connectivity index (χ4n) is 4.80. The first-order valence-corrected chi connectivity index (χ1v) is 13.0. The fraction of sp³-hybridized carbons (Fsp3) is 0.129. The molecule has 208 valence electrons. The van der Waals surface area contributed by atoms with Crippen molar-refractivity contribution in [1.82, 2.24) is 5.32 Å². The minimum atomic E-state index is -1.41. The number of hydrogen-bond acceptors (Lipinski definition) is 4. The molecule has 3 atom stereocenters. The first kappa shape index (κ1) is 28.1. The summed E-state index contributed by atoms with van der Waals surface area (Å²) in [5, 5.41) is 16.2. The van der Waals surface area contributed by atoms with Gasteiger partial charge in [0, 0.05) is 22.1 Å². The highest BCUT2D eigenvalue weighted by atomic mass is 35.5. The molecule has 2 amide bonds. The quantitative estimate of drug-likeness (QED) is 0.269. The summed E-state index contributed by atoms with van der Waals surface area (Å²) in [6.07, 6.45) is -1.41. The summed E-state index contributed by atoms with van der Waals surface area (Å²) in [5.41, 5.74) is 2.57. The zero-order valence-corrected chi connectivity index (χ0v) is 22.1. The highest BCUT2D eigenvalue weighted by molar-refractivity contribution is 6.30. The highest BCUT2D eigenvalue weighted by Crippen LogP contribution is 2.34. The van der Waals surface area contributed by atoms with Crippen LogP contribution in [0.1, 0.15) is 34.1 Å². The first-order valence-electron chi connectivity index (χ1n) is 12.6. The minimum Gasteiger partial charge on any atom is -0.396 e. The van der Waals surface area contributed by atoms with Gasteiger partial charge in [-0.15, -0.1) is 0 Å². The van der Waals surface area contributed by atoms with E-state index in [1.807, 2.05) is 0 Å². The lowest BCUT2D eigenvalue weighted by Crippen LogP contribution is -2.45. The molecule has 3 N–H and O–H groups in total. The number of anilines is 1. The third-order valence-electron chi connectivity index (χ3n) is 6.83. The molecule has 0 bridgehead atoms. The predicted octanol–water partition coefficient (Wildman–Crippen LogP) is 5.55. The van der Waals surface area contributed by atoms with Crippen LogP contribution in [0.5, 0.6) is 0 Å². The van der Waals surface area contributed by atoms with Crippen molar-refractivity contribution in [1.29, 1.82) is 0 Å². The molecule has 0 aliphatic carbocycles. The number of fused-ring (bicyclic) bond motifs is 1. The van der Waals surface area contributed by atoms with E-state index in [9.17, 15) is 27.9 Å². The summed E-state index contributed by atoms with van der Waals surface area (Å²) in [4.78, 5) is 31.8. The van der Waals surface area contributed by atoms with E-state index in [4.69, 9.17) is 11.6 Å². The summed E-state index contributed by atoms with van der Waals surface area (Å²) in [7, 11) is 0. The van der Waals surface area contributed by atoms with E-state index in [1.54, 1.807) is 48.5 Å². The van der Waals surface area contributed by atoms with E-state index in [0.717, 1.165) is 24.3 Å². The van der Waals surface area contributed by atoms with Crippen LogP contribution in [0.15, 0.2) is 96.0 Å². The van der Waals surface area contributed by atoms with Crippen molar-refractivity contribution in [2.45, 2.75) is 18.0 Å². The molecule has 1 heterocycles. The number of hydrogen-bond donors (Lipinski definition) is 3. The van der Waals surface area contributed by atoms with Gasteiger partial charge < -0.3 is 15.7 Å². The average Bonchev–Trinajstić information content (AvgIpc) is 3.10. The van der Waals surface area contributed by atoms with Crippen LogP contribution >= 0.6 is 11.6 Å². The summed E-state index contributed by atoms with van der Waals surface area (Å²) < 4.78 is 41.6. The van der Waals surface area contributed by atoms with Gasteiger partial charge in [-0.3, -0.25) is 9.59 Å². The van der Waals surface area contributed by atoms with E-state index in [1.165, 1.54) is 18.2 Å². The molecule has 10 heteroatoms. The predicted molar refractivity (Wildman–Crippen MR) is 149 cm³/mol. The number of carbonyl (C=O) groups is 2. The van der Waals surface area contributed by atoms with Crippen LogP contribution in [0.4, 0.5) is 18.9 Å². The number of rotatable bonds is 7. The van der Waals surface area contributed by atoms with Crippen molar-refractivity contribution in [2.75, 3.05) is 11.9 Å². The molecule has 0 aromatic heterocycles. The van der Waals surface area contributed by atoms with Gasteiger partial charge in [0.25, 0.3) is 5.91 Å². The van der Waals surface area contributed by atoms with Crippen molar-refractivity contribution < 1.29 is 27.9 Å². The van der Waals surface area contributed by atoms with E-state index in [2.05, 4.69) is 15.6 Å².